The number of carbonyl (C=O) groups is 1. The van der Waals surface area contributed by atoms with E-state index in [0.717, 1.165) is 12.0 Å². The monoisotopic (exact) mass is 404 g/mol. The number of ether oxygens (including phenoxy) is 1. The molecule has 2 aromatic rings. The van der Waals surface area contributed by atoms with Gasteiger partial charge in [-0.3, -0.25) is 4.79 Å². The van der Waals surface area contributed by atoms with Crippen molar-refractivity contribution < 1.29 is 17.9 Å². The maximum atomic E-state index is 13.1. The minimum Gasteiger partial charge on any atom is -0.495 e. The topological polar surface area (TPSA) is 75.7 Å². The van der Waals surface area contributed by atoms with Gasteiger partial charge in [-0.05, 0) is 44.0 Å². The van der Waals surface area contributed by atoms with Gasteiger partial charge in [-0.2, -0.15) is 4.31 Å². The molecular formula is C21H28N2O4S. The summed E-state index contributed by atoms with van der Waals surface area (Å²) in [6.07, 6.45) is 0.750. The Morgan fingerprint density at radius 2 is 1.79 bits per heavy atom. The van der Waals surface area contributed by atoms with Gasteiger partial charge < -0.3 is 10.1 Å². The van der Waals surface area contributed by atoms with E-state index in [1.807, 2.05) is 51.1 Å². The first-order valence-electron chi connectivity index (χ1n) is 9.11. The minimum absolute atomic E-state index is 0.0321. The summed E-state index contributed by atoms with van der Waals surface area (Å²) in [5.41, 5.74) is 0.750. The lowest BCUT2D eigenvalue weighted by atomic mass is 10.0. The van der Waals surface area contributed by atoms with Crippen LogP contribution in [0.15, 0.2) is 53.4 Å². The summed E-state index contributed by atoms with van der Waals surface area (Å²) in [6, 6.07) is 13.8. The zero-order valence-electron chi connectivity index (χ0n) is 17.0. The van der Waals surface area contributed by atoms with E-state index in [0.29, 0.717) is 0 Å². The van der Waals surface area contributed by atoms with Gasteiger partial charge in [-0.1, -0.05) is 37.3 Å². The van der Waals surface area contributed by atoms with Crippen LogP contribution < -0.4 is 10.1 Å². The Labute approximate surface area is 167 Å². The zero-order valence-corrected chi connectivity index (χ0v) is 17.8. The van der Waals surface area contributed by atoms with Gasteiger partial charge in [-0.25, -0.2) is 8.42 Å². The molecule has 0 aromatic heterocycles. The van der Waals surface area contributed by atoms with Crippen LogP contribution in [0.25, 0.3) is 0 Å². The molecule has 0 saturated heterocycles. The zero-order chi connectivity index (χ0) is 20.9. The number of carbonyl (C=O) groups excluding carboxylic acids is 1. The van der Waals surface area contributed by atoms with Crippen LogP contribution >= 0.6 is 0 Å². The van der Waals surface area contributed by atoms with Crippen molar-refractivity contribution in [3.8, 4) is 5.75 Å². The quantitative estimate of drug-likeness (QED) is 0.731. The second-order valence-electron chi connectivity index (χ2n) is 7.30. The molecule has 0 radical (unpaired) electrons. The van der Waals surface area contributed by atoms with E-state index in [4.69, 9.17) is 4.74 Å². The Hall–Kier alpha value is -2.38. The molecule has 0 aliphatic carbocycles. The maximum Gasteiger partial charge on any atom is 0.251 e. The van der Waals surface area contributed by atoms with E-state index < -0.39 is 10.0 Å². The molecule has 7 heteroatoms. The highest BCUT2D eigenvalue weighted by atomic mass is 32.2. The first-order valence-corrected chi connectivity index (χ1v) is 10.6. The van der Waals surface area contributed by atoms with Crippen LogP contribution in [0.4, 0.5) is 0 Å². The predicted molar refractivity (Wildman–Crippen MR) is 110 cm³/mol. The van der Waals surface area contributed by atoms with Crippen LogP contribution in [0.1, 0.15) is 43.1 Å². The summed E-state index contributed by atoms with van der Waals surface area (Å²) in [5.74, 6) is -0.122. The van der Waals surface area contributed by atoms with Crippen molar-refractivity contribution in [2.75, 3.05) is 14.2 Å². The average molecular weight is 405 g/mol. The molecule has 152 valence electrons. The Bertz CT molecular complexity index is 925. The van der Waals surface area contributed by atoms with E-state index in [-0.39, 0.29) is 34.2 Å². The molecule has 0 aliphatic rings. The van der Waals surface area contributed by atoms with Gasteiger partial charge in [0.1, 0.15) is 10.6 Å². The van der Waals surface area contributed by atoms with Crippen LogP contribution in [0.2, 0.25) is 0 Å². The van der Waals surface area contributed by atoms with Crippen molar-refractivity contribution in [3.05, 3.63) is 59.7 Å². The van der Waals surface area contributed by atoms with E-state index in [2.05, 4.69) is 5.32 Å². The fraction of sp³-hybridized carbons (Fsp3) is 0.381. The Balaban J connectivity index is 2.38. The highest BCUT2D eigenvalue weighted by molar-refractivity contribution is 7.89. The lowest BCUT2D eigenvalue weighted by Gasteiger charge is -2.25. The summed E-state index contributed by atoms with van der Waals surface area (Å²) in [7, 11) is -0.940. The van der Waals surface area contributed by atoms with E-state index in [1.54, 1.807) is 6.07 Å². The SMILES string of the molecule is CCC(C)(C)NC(=O)c1ccc(OC)c(S(=O)(=O)N(C)Cc2ccccc2)c1. The standard InChI is InChI=1S/C21H28N2O4S/c1-6-21(2,3)22-20(24)17-12-13-18(27-5)19(14-17)28(25,26)23(4)15-16-10-8-7-9-11-16/h7-14H,6,15H2,1-5H3,(H,22,24). The van der Waals surface area contributed by atoms with Crippen molar-refractivity contribution in [3.63, 3.8) is 0 Å². The molecule has 0 saturated carbocycles. The number of rotatable bonds is 8. The van der Waals surface area contributed by atoms with Crippen molar-refractivity contribution in [1.82, 2.24) is 9.62 Å². The Morgan fingerprint density at radius 3 is 2.36 bits per heavy atom. The third-order valence-electron chi connectivity index (χ3n) is 4.70. The van der Waals surface area contributed by atoms with E-state index >= 15 is 0 Å². The molecule has 2 rings (SSSR count). The van der Waals surface area contributed by atoms with E-state index in [1.165, 1.54) is 30.6 Å². The number of hydrogen-bond donors (Lipinski definition) is 1. The lowest BCUT2D eigenvalue weighted by Crippen LogP contribution is -2.42. The third kappa shape index (κ3) is 5.11. The van der Waals surface area contributed by atoms with Gasteiger partial charge in [0.2, 0.25) is 10.0 Å². The fourth-order valence-electron chi connectivity index (χ4n) is 2.58. The highest BCUT2D eigenvalue weighted by Crippen LogP contribution is 2.28. The van der Waals surface area contributed by atoms with Gasteiger partial charge in [0.25, 0.3) is 5.91 Å². The molecule has 0 atom stereocenters. The van der Waals surface area contributed by atoms with Crippen molar-refractivity contribution in [1.29, 1.82) is 0 Å². The van der Waals surface area contributed by atoms with Crippen molar-refractivity contribution in [2.45, 2.75) is 44.2 Å². The molecule has 2 aromatic carbocycles. The van der Waals surface area contributed by atoms with Crippen LogP contribution in [0.5, 0.6) is 5.75 Å². The summed E-state index contributed by atoms with van der Waals surface area (Å²) >= 11 is 0. The van der Waals surface area contributed by atoms with Crippen LogP contribution in [0, 0.1) is 0 Å². The normalized spacial score (nSPS) is 12.1. The largest absolute Gasteiger partial charge is 0.495 e. The number of benzene rings is 2. The number of nitrogens with zero attached hydrogens (tertiary/aromatic N) is 1. The smallest absolute Gasteiger partial charge is 0.251 e. The first kappa shape index (κ1) is 21.9. The molecule has 0 bridgehead atoms. The van der Waals surface area contributed by atoms with Crippen molar-refractivity contribution in [2.24, 2.45) is 0 Å². The number of nitrogens with one attached hydrogen (secondary N) is 1. The highest BCUT2D eigenvalue weighted by Gasteiger charge is 2.27. The minimum atomic E-state index is -3.86. The Morgan fingerprint density at radius 1 is 1.14 bits per heavy atom. The second kappa shape index (κ2) is 8.75. The van der Waals surface area contributed by atoms with E-state index in [9.17, 15) is 13.2 Å². The summed E-state index contributed by atoms with van der Waals surface area (Å²) in [4.78, 5) is 12.6. The summed E-state index contributed by atoms with van der Waals surface area (Å²) in [5, 5.41) is 2.92. The first-order chi connectivity index (χ1) is 13.1. The number of hydrogen-bond acceptors (Lipinski definition) is 4. The lowest BCUT2D eigenvalue weighted by molar-refractivity contribution is 0.0911. The van der Waals surface area contributed by atoms with Crippen LogP contribution in [-0.4, -0.2) is 38.3 Å². The molecule has 1 amide bonds. The summed E-state index contributed by atoms with van der Waals surface area (Å²) in [6.45, 7) is 6.02. The fourth-order valence-corrected chi connectivity index (χ4v) is 3.92. The molecule has 28 heavy (non-hydrogen) atoms. The van der Waals surface area contributed by atoms with Crippen LogP contribution in [0.3, 0.4) is 0 Å². The molecule has 0 unspecified atom stereocenters. The summed E-state index contributed by atoms with van der Waals surface area (Å²) < 4.78 is 32.8. The van der Waals surface area contributed by atoms with Gasteiger partial charge >= 0.3 is 0 Å². The molecule has 6 nitrogen and oxygen atoms in total. The average Bonchev–Trinajstić information content (AvgIpc) is 2.67. The maximum absolute atomic E-state index is 13.1. The molecule has 0 fully saturated rings. The van der Waals surface area contributed by atoms with Crippen molar-refractivity contribution >= 4 is 15.9 Å². The molecular weight excluding hydrogens is 376 g/mol. The molecule has 0 spiro atoms. The number of amides is 1. The molecule has 0 heterocycles. The number of methoxy groups -OCH3 is 1. The third-order valence-corrected chi connectivity index (χ3v) is 6.52. The van der Waals surface area contributed by atoms with Gasteiger partial charge in [0.15, 0.2) is 0 Å². The predicted octanol–water partition coefficient (Wildman–Crippen LogP) is 3.43. The van der Waals surface area contributed by atoms with Gasteiger partial charge in [-0.15, -0.1) is 0 Å². The van der Waals surface area contributed by atoms with Gasteiger partial charge in [0.05, 0.1) is 7.11 Å². The Kier molecular flexibility index (Phi) is 6.85. The molecule has 0 aliphatic heterocycles. The van der Waals surface area contributed by atoms with Gasteiger partial charge in [0, 0.05) is 24.7 Å². The van der Waals surface area contributed by atoms with Crippen LogP contribution in [-0.2, 0) is 16.6 Å². The number of sulfonamides is 1. The molecule has 1 N–H and O–H groups in total. The second-order valence-corrected chi connectivity index (χ2v) is 9.32.